The van der Waals surface area contributed by atoms with E-state index in [0.29, 0.717) is 24.7 Å². The summed E-state index contributed by atoms with van der Waals surface area (Å²) in [6, 6.07) is 16.4. The molecule has 0 N–H and O–H groups in total. The Labute approximate surface area is 158 Å². The SMILES string of the molecule is CN(CCc1noc(C2CC2)n1)C(=O)C1c2ccccc2-c2ccccc21. The number of fused-ring (bicyclic) bond motifs is 3. The molecule has 1 saturated carbocycles. The zero-order valence-electron chi connectivity index (χ0n) is 15.3. The van der Waals surface area contributed by atoms with Crippen LogP contribution in [0.4, 0.5) is 0 Å². The summed E-state index contributed by atoms with van der Waals surface area (Å²) in [6.45, 7) is 0.573. The lowest BCUT2D eigenvalue weighted by Crippen LogP contribution is -2.33. The molecule has 2 aliphatic carbocycles. The van der Waals surface area contributed by atoms with Crippen LogP contribution in [-0.4, -0.2) is 34.5 Å². The highest BCUT2D eigenvalue weighted by molar-refractivity contribution is 5.96. The predicted molar refractivity (Wildman–Crippen MR) is 101 cm³/mol. The number of aromatic nitrogens is 2. The van der Waals surface area contributed by atoms with E-state index in [2.05, 4.69) is 34.4 Å². The van der Waals surface area contributed by atoms with Crippen molar-refractivity contribution in [2.75, 3.05) is 13.6 Å². The fourth-order valence-electron chi connectivity index (χ4n) is 3.89. The van der Waals surface area contributed by atoms with Crippen molar-refractivity contribution in [3.63, 3.8) is 0 Å². The van der Waals surface area contributed by atoms with Crippen LogP contribution in [0.3, 0.4) is 0 Å². The van der Waals surface area contributed by atoms with Crippen molar-refractivity contribution < 1.29 is 9.32 Å². The summed E-state index contributed by atoms with van der Waals surface area (Å²) in [5.74, 6) is 1.76. The summed E-state index contributed by atoms with van der Waals surface area (Å²) < 4.78 is 5.31. The summed E-state index contributed by atoms with van der Waals surface area (Å²) in [5, 5.41) is 4.05. The topological polar surface area (TPSA) is 59.2 Å². The molecule has 2 aromatic carbocycles. The number of carbonyl (C=O) groups is 1. The van der Waals surface area contributed by atoms with Gasteiger partial charge in [0.05, 0.1) is 5.92 Å². The predicted octanol–water partition coefficient (Wildman–Crippen LogP) is 3.76. The highest BCUT2D eigenvalue weighted by Gasteiger charge is 2.35. The standard InChI is InChI=1S/C22H21N3O2/c1-25(13-12-19-23-21(27-24-19)14-10-11-14)22(26)20-17-8-4-2-6-15(17)16-7-3-5-9-18(16)20/h2-9,14,20H,10-13H2,1H3. The molecule has 0 unspecified atom stereocenters. The maximum atomic E-state index is 13.3. The lowest BCUT2D eigenvalue weighted by Gasteiger charge is -2.22. The van der Waals surface area contributed by atoms with E-state index in [-0.39, 0.29) is 11.8 Å². The first-order valence-corrected chi connectivity index (χ1v) is 9.48. The van der Waals surface area contributed by atoms with Gasteiger partial charge in [-0.2, -0.15) is 4.98 Å². The first-order valence-electron chi connectivity index (χ1n) is 9.48. The lowest BCUT2D eigenvalue weighted by atomic mass is 9.95. The molecule has 2 aliphatic rings. The van der Waals surface area contributed by atoms with Gasteiger partial charge >= 0.3 is 0 Å². The molecule has 1 heterocycles. The van der Waals surface area contributed by atoms with E-state index in [9.17, 15) is 4.79 Å². The third-order valence-electron chi connectivity index (χ3n) is 5.54. The number of carbonyl (C=O) groups excluding carboxylic acids is 1. The summed E-state index contributed by atoms with van der Waals surface area (Å²) in [5.41, 5.74) is 4.50. The first-order chi connectivity index (χ1) is 13.2. The highest BCUT2D eigenvalue weighted by atomic mass is 16.5. The zero-order valence-corrected chi connectivity index (χ0v) is 15.3. The maximum absolute atomic E-state index is 13.3. The minimum Gasteiger partial charge on any atom is -0.344 e. The number of likely N-dealkylation sites (N-methyl/N-ethyl adjacent to an activating group) is 1. The van der Waals surface area contributed by atoms with Gasteiger partial charge in [0.25, 0.3) is 0 Å². The largest absolute Gasteiger partial charge is 0.344 e. The molecule has 5 nitrogen and oxygen atoms in total. The van der Waals surface area contributed by atoms with Crippen molar-refractivity contribution in [3.05, 3.63) is 71.4 Å². The summed E-state index contributed by atoms with van der Waals surface area (Å²) in [7, 11) is 1.85. The van der Waals surface area contributed by atoms with Crippen molar-refractivity contribution in [1.82, 2.24) is 15.0 Å². The van der Waals surface area contributed by atoms with E-state index in [0.717, 1.165) is 41.0 Å². The molecule has 0 saturated heterocycles. The number of hydrogen-bond donors (Lipinski definition) is 0. The number of hydrogen-bond acceptors (Lipinski definition) is 4. The number of nitrogens with zero attached hydrogens (tertiary/aromatic N) is 3. The Hall–Kier alpha value is -2.95. The molecule has 5 heteroatoms. The zero-order chi connectivity index (χ0) is 18.4. The normalized spacial score (nSPS) is 15.4. The first kappa shape index (κ1) is 16.2. The van der Waals surface area contributed by atoms with Gasteiger partial charge in [-0.25, -0.2) is 0 Å². The molecule has 0 spiro atoms. The summed E-state index contributed by atoms with van der Waals surface area (Å²) >= 11 is 0. The fourth-order valence-corrected chi connectivity index (χ4v) is 3.89. The van der Waals surface area contributed by atoms with Gasteiger partial charge in [0.1, 0.15) is 0 Å². The van der Waals surface area contributed by atoms with Crippen molar-refractivity contribution >= 4 is 5.91 Å². The van der Waals surface area contributed by atoms with Crippen LogP contribution in [-0.2, 0) is 11.2 Å². The van der Waals surface area contributed by atoms with Crippen LogP contribution in [0.2, 0.25) is 0 Å². The second kappa shape index (κ2) is 6.34. The van der Waals surface area contributed by atoms with E-state index in [1.165, 1.54) is 0 Å². The number of rotatable bonds is 5. The third-order valence-corrected chi connectivity index (χ3v) is 5.54. The van der Waals surface area contributed by atoms with Crippen LogP contribution in [0.1, 0.15) is 47.5 Å². The fraction of sp³-hybridized carbons (Fsp3) is 0.318. The quantitative estimate of drug-likeness (QED) is 0.696. The summed E-state index contributed by atoms with van der Waals surface area (Å²) in [6.07, 6.45) is 2.88. The van der Waals surface area contributed by atoms with E-state index in [4.69, 9.17) is 4.52 Å². The monoisotopic (exact) mass is 359 g/mol. The van der Waals surface area contributed by atoms with Crippen molar-refractivity contribution in [2.24, 2.45) is 0 Å². The van der Waals surface area contributed by atoms with Gasteiger partial charge in [0.15, 0.2) is 5.82 Å². The Morgan fingerprint density at radius 1 is 1.07 bits per heavy atom. The molecule has 1 fully saturated rings. The Kier molecular flexibility index (Phi) is 3.81. The van der Waals surface area contributed by atoms with E-state index < -0.39 is 0 Å². The third kappa shape index (κ3) is 2.83. The number of amides is 1. The van der Waals surface area contributed by atoms with Gasteiger partial charge in [-0.3, -0.25) is 4.79 Å². The minimum absolute atomic E-state index is 0.110. The van der Waals surface area contributed by atoms with Crippen LogP contribution in [0, 0.1) is 0 Å². The molecule has 1 amide bonds. The molecule has 136 valence electrons. The molecule has 27 heavy (non-hydrogen) atoms. The van der Waals surface area contributed by atoms with Crippen LogP contribution >= 0.6 is 0 Å². The molecule has 5 rings (SSSR count). The molecule has 0 atom stereocenters. The van der Waals surface area contributed by atoms with Gasteiger partial charge in [-0.05, 0) is 35.1 Å². The Bertz CT molecular complexity index is 961. The molecular formula is C22H21N3O2. The lowest BCUT2D eigenvalue weighted by molar-refractivity contribution is -0.130. The van der Waals surface area contributed by atoms with E-state index in [1.807, 2.05) is 31.3 Å². The average Bonchev–Trinajstić information content (AvgIpc) is 3.35. The van der Waals surface area contributed by atoms with Gasteiger partial charge in [-0.15, -0.1) is 0 Å². The second-order valence-electron chi connectivity index (χ2n) is 7.44. The molecule has 1 aromatic heterocycles. The Morgan fingerprint density at radius 2 is 1.70 bits per heavy atom. The molecule has 0 radical (unpaired) electrons. The van der Waals surface area contributed by atoms with Crippen LogP contribution < -0.4 is 0 Å². The van der Waals surface area contributed by atoms with Crippen molar-refractivity contribution in [1.29, 1.82) is 0 Å². The van der Waals surface area contributed by atoms with Crippen LogP contribution in [0.25, 0.3) is 11.1 Å². The van der Waals surface area contributed by atoms with Crippen molar-refractivity contribution in [2.45, 2.75) is 31.1 Å². The minimum atomic E-state index is -0.241. The number of benzene rings is 2. The van der Waals surface area contributed by atoms with Crippen molar-refractivity contribution in [3.8, 4) is 11.1 Å². The Balaban J connectivity index is 1.35. The molecular weight excluding hydrogens is 338 g/mol. The van der Waals surface area contributed by atoms with Gasteiger partial charge in [-0.1, -0.05) is 53.7 Å². The second-order valence-corrected chi connectivity index (χ2v) is 7.44. The maximum Gasteiger partial charge on any atom is 0.234 e. The smallest absolute Gasteiger partial charge is 0.234 e. The average molecular weight is 359 g/mol. The molecule has 3 aromatic rings. The van der Waals surface area contributed by atoms with Crippen LogP contribution in [0.5, 0.6) is 0 Å². The van der Waals surface area contributed by atoms with E-state index in [1.54, 1.807) is 4.90 Å². The summed E-state index contributed by atoms with van der Waals surface area (Å²) in [4.78, 5) is 19.5. The van der Waals surface area contributed by atoms with Gasteiger partial charge in [0, 0.05) is 25.9 Å². The van der Waals surface area contributed by atoms with Gasteiger partial charge in [0.2, 0.25) is 11.8 Å². The highest BCUT2D eigenvalue weighted by Crippen LogP contribution is 2.45. The molecule has 0 bridgehead atoms. The van der Waals surface area contributed by atoms with Crippen LogP contribution in [0.15, 0.2) is 53.1 Å². The van der Waals surface area contributed by atoms with E-state index >= 15 is 0 Å². The van der Waals surface area contributed by atoms with Gasteiger partial charge < -0.3 is 9.42 Å². The Morgan fingerprint density at radius 3 is 2.33 bits per heavy atom. The molecule has 0 aliphatic heterocycles.